The van der Waals surface area contributed by atoms with Crippen molar-refractivity contribution in [2.24, 2.45) is 35.5 Å². The van der Waals surface area contributed by atoms with E-state index in [0.717, 1.165) is 124 Å². The van der Waals surface area contributed by atoms with Gasteiger partial charge < -0.3 is 20.1 Å². The molecule has 8 aromatic carbocycles. The van der Waals surface area contributed by atoms with E-state index in [0.29, 0.717) is 57.3 Å². The molecule has 0 saturated heterocycles. The Morgan fingerprint density at radius 1 is 0.324 bits per heavy atom. The first-order valence-electron chi connectivity index (χ1n) is 43.0. The van der Waals surface area contributed by atoms with Crippen LogP contribution in [0.15, 0.2) is 165 Å². The summed E-state index contributed by atoms with van der Waals surface area (Å²) in [6, 6.07) is 52.6. The van der Waals surface area contributed by atoms with Gasteiger partial charge >= 0.3 is 0 Å². The van der Waals surface area contributed by atoms with Crippen molar-refractivity contribution < 1.29 is 19.1 Å². The summed E-state index contributed by atoms with van der Waals surface area (Å²) in [5.41, 5.74) is 16.6. The van der Waals surface area contributed by atoms with Gasteiger partial charge in [0, 0.05) is 42.1 Å². The van der Waals surface area contributed by atoms with Crippen LogP contribution in [0.3, 0.4) is 0 Å². The maximum Gasteiger partial charge on any atom is 0.197 e. The van der Waals surface area contributed by atoms with Crippen LogP contribution in [0.5, 0.6) is 11.5 Å². The molecule has 0 spiro atoms. The van der Waals surface area contributed by atoms with Crippen LogP contribution in [0.25, 0.3) is 22.3 Å². The summed E-state index contributed by atoms with van der Waals surface area (Å²) in [5.74, 6) is 7.51. The number of carbonyl (C=O) groups is 2. The van der Waals surface area contributed by atoms with E-state index in [1.807, 2.05) is 12.1 Å². The van der Waals surface area contributed by atoms with Crippen LogP contribution in [0.4, 0.5) is 22.7 Å². The molecule has 13 rings (SSSR count). The number of ether oxygens (including phenoxy) is 2. The zero-order valence-corrected chi connectivity index (χ0v) is 68.6. The lowest BCUT2D eigenvalue weighted by molar-refractivity contribution is 0.0976. The van der Waals surface area contributed by atoms with Crippen molar-refractivity contribution in [1.82, 2.24) is 0 Å². The van der Waals surface area contributed by atoms with Crippen molar-refractivity contribution in [2.45, 2.75) is 292 Å². The normalized spacial score (nSPS) is 20.8. The van der Waals surface area contributed by atoms with E-state index in [-0.39, 0.29) is 11.6 Å². The fourth-order valence-electron chi connectivity index (χ4n) is 19.2. The van der Waals surface area contributed by atoms with Gasteiger partial charge in [-0.1, -0.05) is 228 Å². The Hall–Kier alpha value is -7.00. The molecule has 0 unspecified atom stereocenters. The van der Waals surface area contributed by atoms with Crippen molar-refractivity contribution >= 4 is 57.8 Å². The van der Waals surface area contributed by atoms with E-state index in [9.17, 15) is 0 Å². The molecule has 8 aromatic rings. The molecule has 5 aliphatic carbocycles. The summed E-state index contributed by atoms with van der Waals surface area (Å²) >= 11 is 3.11. The molecule has 0 amide bonds. The lowest BCUT2D eigenvalue weighted by Crippen LogP contribution is -2.25. The third-order valence-corrected chi connectivity index (χ3v) is 27.9. The van der Waals surface area contributed by atoms with E-state index < -0.39 is 0 Å². The number of hydrogen-bond acceptors (Lipinski definition) is 8. The highest BCUT2D eigenvalue weighted by Crippen LogP contribution is 2.49. The van der Waals surface area contributed by atoms with Crippen LogP contribution in [-0.4, -0.2) is 24.8 Å². The van der Waals surface area contributed by atoms with Crippen LogP contribution >= 0.6 is 23.5 Å². The highest BCUT2D eigenvalue weighted by molar-refractivity contribution is 8.00. The maximum atomic E-state index is 16.5. The first-order valence-corrected chi connectivity index (χ1v) is 44.6. The summed E-state index contributed by atoms with van der Waals surface area (Å²) in [6.45, 7) is 19.5. The van der Waals surface area contributed by atoms with Gasteiger partial charge in [0.05, 0.1) is 35.7 Å². The number of rotatable bonds is 34. The molecule has 0 radical (unpaired) electrons. The lowest BCUT2D eigenvalue weighted by atomic mass is 9.77. The highest BCUT2D eigenvalue weighted by Gasteiger charge is 2.39. The fraction of sp³-hybridized carbons (Fsp3) is 0.500. The number of carbonyl (C=O) groups excluding carboxylic acids is 2. The van der Waals surface area contributed by atoms with E-state index >= 15 is 9.59 Å². The van der Waals surface area contributed by atoms with E-state index in [1.165, 1.54) is 217 Å². The Morgan fingerprint density at radius 2 is 0.620 bits per heavy atom. The minimum Gasteiger partial charge on any atom is -0.493 e. The molecule has 0 aliphatic heterocycles. The van der Waals surface area contributed by atoms with Gasteiger partial charge in [-0.25, -0.2) is 0 Å². The monoisotopic (exact) mass is 1480 g/mol. The Kier molecular flexibility index (Phi) is 28.4. The van der Waals surface area contributed by atoms with Crippen LogP contribution in [0, 0.1) is 63.2 Å². The second-order valence-corrected chi connectivity index (χ2v) is 36.1. The molecule has 108 heavy (non-hydrogen) atoms. The van der Waals surface area contributed by atoms with Crippen molar-refractivity contribution in [3.63, 3.8) is 0 Å². The lowest BCUT2D eigenvalue weighted by Gasteiger charge is -2.29. The summed E-state index contributed by atoms with van der Waals surface area (Å²) < 4.78 is 13.4. The number of aryl methyl sites for hydroxylation is 4. The van der Waals surface area contributed by atoms with Crippen LogP contribution in [0.2, 0.25) is 0 Å². The van der Waals surface area contributed by atoms with Gasteiger partial charge in [0.2, 0.25) is 0 Å². The Balaban J connectivity index is 0.793. The van der Waals surface area contributed by atoms with E-state index in [1.54, 1.807) is 23.5 Å². The van der Waals surface area contributed by atoms with Gasteiger partial charge in [-0.05, 0) is 305 Å². The smallest absolute Gasteiger partial charge is 0.197 e. The zero-order chi connectivity index (χ0) is 74.9. The molecular weight excluding hydrogens is 1360 g/mol. The number of anilines is 4. The molecule has 4 fully saturated rings. The number of ketones is 2. The molecule has 6 nitrogen and oxygen atoms in total. The van der Waals surface area contributed by atoms with Crippen molar-refractivity contribution in [2.75, 3.05) is 23.8 Å². The predicted molar refractivity (Wildman–Crippen MR) is 458 cm³/mol. The number of fused-ring (bicyclic) bond motifs is 2. The quantitative estimate of drug-likeness (QED) is 0.0387. The predicted octanol–water partition coefficient (Wildman–Crippen LogP) is 30.1. The molecule has 0 atom stereocenters. The van der Waals surface area contributed by atoms with E-state index in [4.69, 9.17) is 9.47 Å². The average Bonchev–Trinajstić information content (AvgIpc) is 0.723. The molecular formula is C100H126N2O4S2. The van der Waals surface area contributed by atoms with Crippen LogP contribution < -0.4 is 20.1 Å². The summed E-state index contributed by atoms with van der Waals surface area (Å²) in [4.78, 5) is 36.5. The number of benzene rings is 8. The van der Waals surface area contributed by atoms with Gasteiger partial charge in [0.1, 0.15) is 11.5 Å². The van der Waals surface area contributed by atoms with Crippen LogP contribution in [-0.2, 0) is 0 Å². The summed E-state index contributed by atoms with van der Waals surface area (Å²) in [6.07, 6.45) is 42.0. The molecule has 5 aliphatic rings. The summed E-state index contributed by atoms with van der Waals surface area (Å²) in [7, 11) is 0. The molecule has 2 N–H and O–H groups in total. The van der Waals surface area contributed by atoms with Gasteiger partial charge in [-0.2, -0.15) is 0 Å². The minimum atomic E-state index is -0.165. The molecule has 0 aromatic heterocycles. The zero-order valence-electron chi connectivity index (χ0n) is 67.0. The molecule has 4 saturated carbocycles. The molecule has 0 bridgehead atoms. The fourth-order valence-corrected chi connectivity index (χ4v) is 21.1. The second-order valence-electron chi connectivity index (χ2n) is 33.8. The molecule has 0 heterocycles. The van der Waals surface area contributed by atoms with Crippen molar-refractivity contribution in [3.8, 4) is 33.8 Å². The first kappa shape index (κ1) is 79.1. The summed E-state index contributed by atoms with van der Waals surface area (Å²) in [5, 5.41) is 7.49. The minimum absolute atomic E-state index is 0.165. The number of nitrogens with one attached hydrogen (secondary N) is 2. The molecule has 572 valence electrons. The van der Waals surface area contributed by atoms with Gasteiger partial charge in [-0.3, -0.25) is 9.59 Å². The van der Waals surface area contributed by atoms with Crippen molar-refractivity contribution in [3.05, 3.63) is 201 Å². The SMILES string of the molecule is CCCCCC1CCC(COc2c(C)cc(-c3ccc(Sc4ccc(Sc5ccc(-c6cc(C)c(OCC7CCC(CCCCC)CC7)c(C)c6)cc5)c5c4C(=O)c4c(Nc6ccc(C7CCC(CCCCC)CC7)cc6)ccc(Nc6ccc(C7CCC(CCCCC)CC7)cc6)c4C5=O)cc3)cc2C)CC1. The van der Waals surface area contributed by atoms with Gasteiger partial charge in [0.15, 0.2) is 11.6 Å². The highest BCUT2D eigenvalue weighted by atomic mass is 32.2. The third kappa shape index (κ3) is 20.2. The second kappa shape index (κ2) is 38.8. The van der Waals surface area contributed by atoms with Gasteiger partial charge in [0.25, 0.3) is 0 Å². The standard InChI is InChI=1S/C100H126N2O4S2/c1-9-13-17-21-71-25-29-75(30-26-71)65-105-99-67(5)61-83(62-68(99)6)81-45-53-87(54-46-81)107-91-59-60-92(108-88-55-47-82(48-56-88)84-63-69(7)100(70(8)64-84)106-66-76-31-27-72(28-32-76)22-18-14-10-2)96-95(91)97(103)93-89(101-85-49-41-79(42-50-85)77-37-33-73(34-38-77)23-19-15-11-3)57-58-90(94(93)98(96)104)102-86-51-43-80(44-52-86)78-39-35-74(36-40-78)24-20-16-12-4/h41-64,71-78,101-102H,9-40,65-66H2,1-8H3. The van der Waals surface area contributed by atoms with E-state index in [2.05, 4.69) is 199 Å². The third-order valence-electron chi connectivity index (χ3n) is 25.7. The number of unbranched alkanes of at least 4 members (excludes halogenated alkanes) is 8. The van der Waals surface area contributed by atoms with Gasteiger partial charge in [-0.15, -0.1) is 0 Å². The first-order chi connectivity index (χ1) is 52.8. The number of hydrogen-bond donors (Lipinski definition) is 2. The Labute approximate surface area is 659 Å². The average molecular weight is 1480 g/mol. The maximum absolute atomic E-state index is 16.5. The Morgan fingerprint density at radius 3 is 0.926 bits per heavy atom. The van der Waals surface area contributed by atoms with Crippen molar-refractivity contribution in [1.29, 1.82) is 0 Å². The van der Waals surface area contributed by atoms with Crippen LogP contribution in [0.1, 0.15) is 310 Å². The molecule has 8 heteroatoms. The largest absolute Gasteiger partial charge is 0.493 e. The topological polar surface area (TPSA) is 76.7 Å². The Bertz CT molecular complexity index is 3920.